The first kappa shape index (κ1) is 20.9. The molecule has 8 heteroatoms. The van der Waals surface area contributed by atoms with E-state index in [1.54, 1.807) is 4.90 Å². The molecule has 2 amide bonds. The largest absolute Gasteiger partial charge is 0.487 e. The summed E-state index contributed by atoms with van der Waals surface area (Å²) in [6.45, 7) is 5.08. The number of aromatic nitrogens is 2. The van der Waals surface area contributed by atoms with E-state index in [-0.39, 0.29) is 12.1 Å². The molecule has 1 aromatic heterocycles. The highest BCUT2D eigenvalue weighted by Gasteiger charge is 2.32. The maximum absolute atomic E-state index is 12.1. The minimum Gasteiger partial charge on any atom is -0.487 e. The van der Waals surface area contributed by atoms with Crippen LogP contribution in [0.3, 0.4) is 0 Å². The lowest BCUT2D eigenvalue weighted by Gasteiger charge is -2.38. The van der Waals surface area contributed by atoms with E-state index >= 15 is 0 Å². The van der Waals surface area contributed by atoms with Crippen LogP contribution < -0.4 is 10.1 Å². The highest BCUT2D eigenvalue weighted by atomic mass is 16.5. The molecule has 1 N–H and O–H groups in total. The Morgan fingerprint density at radius 3 is 2.65 bits per heavy atom. The molecule has 0 saturated carbocycles. The Hall–Kier alpha value is -3.39. The van der Waals surface area contributed by atoms with E-state index in [2.05, 4.69) is 15.5 Å². The molecule has 1 saturated heterocycles. The van der Waals surface area contributed by atoms with Crippen molar-refractivity contribution < 1.29 is 18.8 Å². The molecule has 0 radical (unpaired) electrons. The van der Waals surface area contributed by atoms with Crippen molar-refractivity contribution in [2.24, 2.45) is 0 Å². The third kappa shape index (κ3) is 5.40. The highest BCUT2D eigenvalue weighted by Crippen LogP contribution is 2.25. The van der Waals surface area contributed by atoms with Crippen LogP contribution in [0.5, 0.6) is 5.75 Å². The van der Waals surface area contributed by atoms with Crippen molar-refractivity contribution in [3.63, 3.8) is 0 Å². The summed E-state index contributed by atoms with van der Waals surface area (Å²) in [4.78, 5) is 18.3. The zero-order valence-electron chi connectivity index (χ0n) is 17.5. The second-order valence-electron chi connectivity index (χ2n) is 7.24. The number of hydrogen-bond acceptors (Lipinski definition) is 6. The molecule has 1 aliphatic heterocycles. The van der Waals surface area contributed by atoms with E-state index in [1.165, 1.54) is 0 Å². The fraction of sp³-hybridized carbons (Fsp3) is 0.348. The number of rotatable bonds is 9. The Bertz CT molecular complexity index is 969. The van der Waals surface area contributed by atoms with Gasteiger partial charge in [0.2, 0.25) is 5.82 Å². The first-order chi connectivity index (χ1) is 15.2. The Morgan fingerprint density at radius 2 is 1.90 bits per heavy atom. The van der Waals surface area contributed by atoms with Crippen molar-refractivity contribution in [1.29, 1.82) is 0 Å². The lowest BCUT2D eigenvalue weighted by Crippen LogP contribution is -2.59. The number of carbonyl (C=O) groups is 1. The molecule has 2 heterocycles. The normalized spacial score (nSPS) is 13.6. The van der Waals surface area contributed by atoms with Gasteiger partial charge in [0.15, 0.2) is 0 Å². The minimum absolute atomic E-state index is 0.00638. The summed E-state index contributed by atoms with van der Waals surface area (Å²) in [5.74, 6) is 1.76. The van der Waals surface area contributed by atoms with Crippen LogP contribution in [-0.2, 0) is 4.74 Å². The van der Waals surface area contributed by atoms with Crippen LogP contribution >= 0.6 is 0 Å². The SMILES string of the molecule is CCOCCCNC(=O)N1CC(Oc2ccc(-c3nc(-c4ccccc4)no3)cc2)C1. The van der Waals surface area contributed by atoms with Gasteiger partial charge in [-0.05, 0) is 37.6 Å². The number of nitrogens with zero attached hydrogens (tertiary/aromatic N) is 3. The van der Waals surface area contributed by atoms with E-state index in [0.29, 0.717) is 44.6 Å². The third-order valence-corrected chi connectivity index (χ3v) is 4.94. The predicted molar refractivity (Wildman–Crippen MR) is 116 cm³/mol. The summed E-state index contributed by atoms with van der Waals surface area (Å²) >= 11 is 0. The van der Waals surface area contributed by atoms with Crippen LogP contribution in [0.1, 0.15) is 13.3 Å². The Kier molecular flexibility index (Phi) is 6.78. The summed E-state index contributed by atoms with van der Waals surface area (Å²) in [6, 6.07) is 17.2. The summed E-state index contributed by atoms with van der Waals surface area (Å²) in [7, 11) is 0. The molecule has 2 aromatic carbocycles. The van der Waals surface area contributed by atoms with Gasteiger partial charge in [0, 0.05) is 30.9 Å². The molecule has 4 rings (SSSR count). The molecule has 1 fully saturated rings. The number of amides is 2. The number of carbonyl (C=O) groups excluding carboxylic acids is 1. The minimum atomic E-state index is -0.0580. The molecule has 8 nitrogen and oxygen atoms in total. The van der Waals surface area contributed by atoms with Crippen LogP contribution in [0.4, 0.5) is 4.79 Å². The van der Waals surface area contributed by atoms with Gasteiger partial charge in [-0.15, -0.1) is 0 Å². The quantitative estimate of drug-likeness (QED) is 0.530. The second kappa shape index (κ2) is 10.1. The van der Waals surface area contributed by atoms with Gasteiger partial charge in [-0.25, -0.2) is 4.79 Å². The number of urea groups is 1. The van der Waals surface area contributed by atoms with E-state index < -0.39 is 0 Å². The van der Waals surface area contributed by atoms with Crippen molar-refractivity contribution in [2.75, 3.05) is 32.8 Å². The Balaban J connectivity index is 1.23. The topological polar surface area (TPSA) is 89.7 Å². The zero-order valence-corrected chi connectivity index (χ0v) is 17.5. The lowest BCUT2D eigenvalue weighted by molar-refractivity contribution is 0.0442. The van der Waals surface area contributed by atoms with Crippen molar-refractivity contribution in [3.8, 4) is 28.6 Å². The van der Waals surface area contributed by atoms with Crippen LogP contribution in [-0.4, -0.2) is 60.0 Å². The molecule has 31 heavy (non-hydrogen) atoms. The van der Waals surface area contributed by atoms with E-state index in [4.69, 9.17) is 14.0 Å². The fourth-order valence-electron chi connectivity index (χ4n) is 3.22. The highest BCUT2D eigenvalue weighted by molar-refractivity contribution is 5.75. The number of benzene rings is 2. The van der Waals surface area contributed by atoms with Crippen LogP contribution in [0.25, 0.3) is 22.8 Å². The first-order valence-electron chi connectivity index (χ1n) is 10.5. The van der Waals surface area contributed by atoms with Gasteiger partial charge >= 0.3 is 6.03 Å². The van der Waals surface area contributed by atoms with Crippen molar-refractivity contribution in [1.82, 2.24) is 20.4 Å². The molecular formula is C23H26N4O4. The zero-order chi connectivity index (χ0) is 21.5. The van der Waals surface area contributed by atoms with Gasteiger partial charge in [-0.3, -0.25) is 0 Å². The van der Waals surface area contributed by atoms with Crippen molar-refractivity contribution in [2.45, 2.75) is 19.4 Å². The molecule has 0 aliphatic carbocycles. The van der Waals surface area contributed by atoms with Gasteiger partial charge in [-0.2, -0.15) is 4.98 Å². The third-order valence-electron chi connectivity index (χ3n) is 4.94. The number of ether oxygens (including phenoxy) is 2. The van der Waals surface area contributed by atoms with Crippen LogP contribution in [0, 0.1) is 0 Å². The standard InChI is InChI=1S/C23H26N4O4/c1-2-29-14-6-13-24-23(28)27-15-20(16-27)30-19-11-9-18(10-12-19)22-25-21(26-31-22)17-7-4-3-5-8-17/h3-5,7-12,20H,2,6,13-16H2,1H3,(H,24,28). The van der Waals surface area contributed by atoms with Crippen LogP contribution in [0.15, 0.2) is 59.1 Å². The molecule has 0 spiro atoms. The molecule has 1 aliphatic rings. The summed E-state index contributed by atoms with van der Waals surface area (Å²) in [5.41, 5.74) is 1.73. The van der Waals surface area contributed by atoms with E-state index in [1.807, 2.05) is 61.5 Å². The van der Waals surface area contributed by atoms with E-state index in [9.17, 15) is 4.79 Å². The van der Waals surface area contributed by atoms with Gasteiger partial charge in [0.1, 0.15) is 11.9 Å². The molecular weight excluding hydrogens is 396 g/mol. The van der Waals surface area contributed by atoms with Gasteiger partial charge < -0.3 is 24.2 Å². The molecule has 162 valence electrons. The second-order valence-corrected chi connectivity index (χ2v) is 7.24. The average molecular weight is 422 g/mol. The maximum Gasteiger partial charge on any atom is 0.317 e. The van der Waals surface area contributed by atoms with Crippen molar-refractivity contribution in [3.05, 3.63) is 54.6 Å². The Morgan fingerprint density at radius 1 is 1.13 bits per heavy atom. The van der Waals surface area contributed by atoms with Crippen molar-refractivity contribution >= 4 is 6.03 Å². The van der Waals surface area contributed by atoms with Gasteiger partial charge in [0.05, 0.1) is 13.1 Å². The Labute approximate surface area is 181 Å². The molecule has 3 aromatic rings. The summed E-state index contributed by atoms with van der Waals surface area (Å²) in [6.07, 6.45) is 0.806. The maximum atomic E-state index is 12.1. The molecule has 0 atom stereocenters. The number of hydrogen-bond donors (Lipinski definition) is 1. The fourth-order valence-corrected chi connectivity index (χ4v) is 3.22. The monoisotopic (exact) mass is 422 g/mol. The van der Waals surface area contributed by atoms with Gasteiger partial charge in [-0.1, -0.05) is 35.5 Å². The summed E-state index contributed by atoms with van der Waals surface area (Å²) < 4.78 is 16.6. The van der Waals surface area contributed by atoms with Crippen LogP contribution in [0.2, 0.25) is 0 Å². The summed E-state index contributed by atoms with van der Waals surface area (Å²) in [5, 5.41) is 6.94. The lowest BCUT2D eigenvalue weighted by atomic mass is 10.1. The van der Waals surface area contributed by atoms with Gasteiger partial charge in [0.25, 0.3) is 5.89 Å². The average Bonchev–Trinajstić information content (AvgIpc) is 3.27. The number of likely N-dealkylation sites (tertiary alicyclic amines) is 1. The molecule has 0 bridgehead atoms. The van der Waals surface area contributed by atoms with E-state index in [0.717, 1.165) is 23.3 Å². The smallest absolute Gasteiger partial charge is 0.317 e. The first-order valence-corrected chi connectivity index (χ1v) is 10.5. The molecule has 0 unspecified atom stereocenters. The number of nitrogens with one attached hydrogen (secondary N) is 1. The predicted octanol–water partition coefficient (Wildman–Crippen LogP) is 3.60.